The average Bonchev–Trinajstić information content (AvgIpc) is 2.84. The number of nitrogens with zero attached hydrogens (tertiary/aromatic N) is 2. The first kappa shape index (κ1) is 16.8. The maximum Gasteiger partial charge on any atom is 0.230 e. The Morgan fingerprint density at radius 3 is 2.76 bits per heavy atom. The van der Waals surface area contributed by atoms with E-state index in [4.69, 9.17) is 10.3 Å². The molecule has 0 spiro atoms. The molecule has 1 aromatic rings. The second-order valence-corrected chi connectivity index (χ2v) is 8.39. The van der Waals surface area contributed by atoms with Gasteiger partial charge in [0.2, 0.25) is 5.89 Å². The second-order valence-electron chi connectivity index (χ2n) is 7.36. The van der Waals surface area contributed by atoms with Crippen LogP contribution in [0, 0.1) is 17.3 Å². The van der Waals surface area contributed by atoms with Crippen molar-refractivity contribution in [2.75, 3.05) is 5.75 Å². The zero-order chi connectivity index (χ0) is 15.6. The zero-order valence-corrected chi connectivity index (χ0v) is 14.7. The molecule has 2 N–H and O–H groups in total. The summed E-state index contributed by atoms with van der Waals surface area (Å²) >= 11 is 1.87. The van der Waals surface area contributed by atoms with E-state index in [9.17, 15) is 0 Å². The summed E-state index contributed by atoms with van der Waals surface area (Å²) in [5, 5.41) is 4.16. The molecule has 3 unspecified atom stereocenters. The maximum atomic E-state index is 6.22. The Labute approximate surface area is 132 Å². The van der Waals surface area contributed by atoms with E-state index in [0.29, 0.717) is 17.8 Å². The van der Waals surface area contributed by atoms with Crippen molar-refractivity contribution in [1.82, 2.24) is 10.1 Å². The van der Waals surface area contributed by atoms with E-state index in [0.717, 1.165) is 36.1 Å². The Morgan fingerprint density at radius 2 is 2.10 bits per heavy atom. The van der Waals surface area contributed by atoms with Gasteiger partial charge in [0, 0.05) is 12.0 Å². The van der Waals surface area contributed by atoms with Crippen molar-refractivity contribution in [2.24, 2.45) is 23.0 Å². The summed E-state index contributed by atoms with van der Waals surface area (Å²) in [6.45, 7) is 11.2. The molecule has 1 aliphatic carbocycles. The summed E-state index contributed by atoms with van der Waals surface area (Å²) in [4.78, 5) is 4.65. The minimum atomic E-state index is 0.104. The van der Waals surface area contributed by atoms with Crippen molar-refractivity contribution in [3.63, 3.8) is 0 Å². The Hall–Kier alpha value is -0.550. The van der Waals surface area contributed by atoms with Gasteiger partial charge < -0.3 is 10.3 Å². The second kappa shape index (κ2) is 6.69. The minimum Gasteiger partial charge on any atom is -0.339 e. The van der Waals surface area contributed by atoms with Gasteiger partial charge in [0.25, 0.3) is 0 Å². The predicted octanol–water partition coefficient (Wildman–Crippen LogP) is 3.83. The first-order valence-electron chi connectivity index (χ1n) is 7.98. The molecule has 2 rings (SSSR count). The van der Waals surface area contributed by atoms with Crippen LogP contribution in [0.25, 0.3) is 0 Å². The molecule has 1 heterocycles. The van der Waals surface area contributed by atoms with Crippen molar-refractivity contribution in [1.29, 1.82) is 0 Å². The predicted molar refractivity (Wildman–Crippen MR) is 88.2 cm³/mol. The molecule has 1 aromatic heterocycles. The molecule has 0 amide bonds. The number of hydrogen-bond donors (Lipinski definition) is 1. The number of rotatable bonds is 5. The molecule has 0 aromatic carbocycles. The van der Waals surface area contributed by atoms with Crippen LogP contribution in [0.4, 0.5) is 0 Å². The Bertz CT molecular complexity index is 458. The third-order valence-electron chi connectivity index (χ3n) is 4.97. The first-order chi connectivity index (χ1) is 9.82. The van der Waals surface area contributed by atoms with Gasteiger partial charge in [0.15, 0.2) is 5.82 Å². The van der Waals surface area contributed by atoms with Crippen LogP contribution in [0.15, 0.2) is 4.52 Å². The highest BCUT2D eigenvalue weighted by Gasteiger charge is 2.44. The summed E-state index contributed by atoms with van der Waals surface area (Å²) in [6.07, 6.45) is 2.08. The summed E-state index contributed by atoms with van der Waals surface area (Å²) in [5.41, 5.74) is 6.33. The molecule has 0 radical (unpaired) electrons. The Morgan fingerprint density at radius 1 is 1.38 bits per heavy atom. The lowest BCUT2D eigenvalue weighted by Gasteiger charge is -2.45. The summed E-state index contributed by atoms with van der Waals surface area (Å²) in [5.74, 6) is 5.08. The van der Waals surface area contributed by atoms with Crippen LogP contribution >= 0.6 is 11.8 Å². The Balaban J connectivity index is 2.03. The average molecular weight is 311 g/mol. The lowest BCUT2D eigenvalue weighted by molar-refractivity contribution is 0.0806. The standard InChI is InChI=1S/C16H29N3OS/c1-10(2)8-21-9-14-18-15(20-19-14)12-6-7-13(17)11(3)16(12,4)5/h10-13H,6-9,17H2,1-5H3. The number of hydrogen-bond acceptors (Lipinski definition) is 5. The number of thioether (sulfide) groups is 1. The third kappa shape index (κ3) is 3.81. The molecular formula is C16H29N3OS. The van der Waals surface area contributed by atoms with E-state index in [1.807, 2.05) is 11.8 Å². The highest BCUT2D eigenvalue weighted by atomic mass is 32.2. The van der Waals surface area contributed by atoms with Crippen molar-refractivity contribution in [3.05, 3.63) is 11.7 Å². The van der Waals surface area contributed by atoms with Crippen LogP contribution in [0.5, 0.6) is 0 Å². The number of nitrogens with two attached hydrogens (primary N) is 1. The van der Waals surface area contributed by atoms with Gasteiger partial charge in [0.05, 0.1) is 5.75 Å². The van der Waals surface area contributed by atoms with Crippen molar-refractivity contribution in [2.45, 2.75) is 65.2 Å². The molecule has 0 bridgehead atoms. The first-order valence-corrected chi connectivity index (χ1v) is 9.13. The van der Waals surface area contributed by atoms with E-state index < -0.39 is 0 Å². The minimum absolute atomic E-state index is 0.104. The molecule has 1 aliphatic rings. The molecule has 3 atom stereocenters. The van der Waals surface area contributed by atoms with Gasteiger partial charge in [-0.2, -0.15) is 16.7 Å². The number of aromatic nitrogens is 2. The van der Waals surface area contributed by atoms with Gasteiger partial charge in [-0.3, -0.25) is 0 Å². The lowest BCUT2D eigenvalue weighted by Crippen LogP contribution is -2.45. The van der Waals surface area contributed by atoms with Crippen molar-refractivity contribution < 1.29 is 4.52 Å². The van der Waals surface area contributed by atoms with E-state index in [1.54, 1.807) is 0 Å². The van der Waals surface area contributed by atoms with Gasteiger partial charge in [-0.25, -0.2) is 0 Å². The SMILES string of the molecule is CC(C)CSCc1noc(C2CCC(N)C(C)C2(C)C)n1. The normalized spacial score (nSPS) is 29.0. The van der Waals surface area contributed by atoms with E-state index in [2.05, 4.69) is 44.8 Å². The summed E-state index contributed by atoms with van der Waals surface area (Å²) < 4.78 is 5.57. The largest absolute Gasteiger partial charge is 0.339 e. The van der Waals surface area contributed by atoms with Crippen LogP contribution in [0.3, 0.4) is 0 Å². The fraction of sp³-hybridized carbons (Fsp3) is 0.875. The van der Waals surface area contributed by atoms with E-state index in [-0.39, 0.29) is 11.5 Å². The van der Waals surface area contributed by atoms with Crippen LogP contribution in [-0.2, 0) is 5.75 Å². The summed E-state index contributed by atoms with van der Waals surface area (Å²) in [7, 11) is 0. The maximum absolute atomic E-state index is 6.22. The van der Waals surface area contributed by atoms with Crippen molar-refractivity contribution >= 4 is 11.8 Å². The monoisotopic (exact) mass is 311 g/mol. The van der Waals surface area contributed by atoms with Gasteiger partial charge >= 0.3 is 0 Å². The van der Waals surface area contributed by atoms with Gasteiger partial charge in [-0.15, -0.1) is 0 Å². The fourth-order valence-corrected chi connectivity index (χ4v) is 4.03. The molecule has 4 nitrogen and oxygen atoms in total. The molecule has 1 fully saturated rings. The van der Waals surface area contributed by atoms with Gasteiger partial charge in [0.1, 0.15) is 0 Å². The molecule has 120 valence electrons. The van der Waals surface area contributed by atoms with Crippen LogP contribution < -0.4 is 5.73 Å². The molecular weight excluding hydrogens is 282 g/mol. The highest BCUT2D eigenvalue weighted by molar-refractivity contribution is 7.98. The fourth-order valence-electron chi connectivity index (χ4n) is 3.15. The van der Waals surface area contributed by atoms with Crippen LogP contribution in [-0.4, -0.2) is 21.9 Å². The van der Waals surface area contributed by atoms with E-state index in [1.165, 1.54) is 0 Å². The van der Waals surface area contributed by atoms with Gasteiger partial charge in [-0.1, -0.05) is 39.8 Å². The Kier molecular flexibility index (Phi) is 5.36. The summed E-state index contributed by atoms with van der Waals surface area (Å²) in [6, 6.07) is 0.278. The molecule has 0 saturated heterocycles. The van der Waals surface area contributed by atoms with Crippen molar-refractivity contribution in [3.8, 4) is 0 Å². The lowest BCUT2D eigenvalue weighted by atomic mass is 9.61. The van der Waals surface area contributed by atoms with E-state index >= 15 is 0 Å². The highest BCUT2D eigenvalue weighted by Crippen LogP contribution is 2.49. The van der Waals surface area contributed by atoms with Crippen LogP contribution in [0.1, 0.15) is 65.1 Å². The molecule has 5 heteroatoms. The topological polar surface area (TPSA) is 64.9 Å². The quantitative estimate of drug-likeness (QED) is 0.895. The zero-order valence-electron chi connectivity index (χ0n) is 13.9. The molecule has 1 saturated carbocycles. The third-order valence-corrected chi connectivity index (χ3v) is 6.33. The molecule has 21 heavy (non-hydrogen) atoms. The van der Waals surface area contributed by atoms with Crippen LogP contribution in [0.2, 0.25) is 0 Å². The van der Waals surface area contributed by atoms with Gasteiger partial charge in [-0.05, 0) is 35.8 Å². The molecule has 0 aliphatic heterocycles. The smallest absolute Gasteiger partial charge is 0.230 e.